The minimum Gasteiger partial charge on any atom is -0.495 e. The zero-order valence-electron chi connectivity index (χ0n) is 17.4. The predicted octanol–water partition coefficient (Wildman–Crippen LogP) is 4.68. The Morgan fingerprint density at radius 1 is 1.14 bits per heavy atom. The molecule has 1 aromatic rings. The van der Waals surface area contributed by atoms with Gasteiger partial charge in [0, 0.05) is 30.8 Å². The first kappa shape index (κ1) is 18.0. The van der Waals surface area contributed by atoms with Crippen LogP contribution in [0.15, 0.2) is 36.3 Å². The average molecular weight is 379 g/mol. The fourth-order valence-electron chi connectivity index (χ4n) is 7.08. The molecule has 2 heterocycles. The van der Waals surface area contributed by atoms with Crippen molar-refractivity contribution in [3.05, 3.63) is 41.9 Å². The van der Waals surface area contributed by atoms with Crippen molar-refractivity contribution >= 4 is 11.5 Å². The van der Waals surface area contributed by atoms with Gasteiger partial charge >= 0.3 is 0 Å². The summed E-state index contributed by atoms with van der Waals surface area (Å²) in [6.45, 7) is 4.80. The van der Waals surface area contributed by atoms with E-state index in [1.165, 1.54) is 29.7 Å². The van der Waals surface area contributed by atoms with Gasteiger partial charge < -0.3 is 9.64 Å². The largest absolute Gasteiger partial charge is 0.495 e. The number of amides is 1. The van der Waals surface area contributed by atoms with E-state index in [2.05, 4.69) is 37.0 Å². The number of fused-ring (bicyclic) bond motifs is 5. The SMILES string of the molecule is COc1cncc(C2=CCC3C4CC=C5N(C)C(=O)C[C@]5(C)C4CC[C@]23C)c1. The Hall–Kier alpha value is -2.10. The van der Waals surface area contributed by atoms with E-state index in [1.54, 1.807) is 13.3 Å². The molecule has 28 heavy (non-hydrogen) atoms. The van der Waals surface area contributed by atoms with Crippen LogP contribution in [0, 0.1) is 28.6 Å². The van der Waals surface area contributed by atoms with E-state index in [0.717, 1.165) is 18.6 Å². The summed E-state index contributed by atoms with van der Waals surface area (Å²) in [5.41, 5.74) is 4.14. The molecule has 5 rings (SSSR count). The number of rotatable bonds is 2. The average Bonchev–Trinajstić information content (AvgIpc) is 3.15. The van der Waals surface area contributed by atoms with Crippen molar-refractivity contribution in [2.45, 2.75) is 46.0 Å². The van der Waals surface area contributed by atoms with Crippen LogP contribution in [0.25, 0.3) is 5.57 Å². The van der Waals surface area contributed by atoms with Gasteiger partial charge in [-0.3, -0.25) is 9.78 Å². The predicted molar refractivity (Wildman–Crippen MR) is 109 cm³/mol. The maximum absolute atomic E-state index is 12.5. The van der Waals surface area contributed by atoms with Crippen molar-refractivity contribution in [2.24, 2.45) is 28.6 Å². The highest BCUT2D eigenvalue weighted by atomic mass is 16.5. The lowest BCUT2D eigenvalue weighted by atomic mass is 9.50. The molecule has 4 aliphatic rings. The molecule has 4 nitrogen and oxygen atoms in total. The fourth-order valence-corrected chi connectivity index (χ4v) is 7.08. The number of nitrogens with zero attached hydrogens (tertiary/aromatic N) is 2. The number of carbonyl (C=O) groups excluding carboxylic acids is 1. The number of allylic oxidation sites excluding steroid dienone is 4. The van der Waals surface area contributed by atoms with E-state index < -0.39 is 0 Å². The third kappa shape index (κ3) is 2.23. The van der Waals surface area contributed by atoms with Crippen molar-refractivity contribution in [1.82, 2.24) is 9.88 Å². The van der Waals surface area contributed by atoms with Crippen molar-refractivity contribution in [3.8, 4) is 5.75 Å². The maximum Gasteiger partial charge on any atom is 0.227 e. The minimum atomic E-state index is 0.0242. The maximum atomic E-state index is 12.5. The molecular weight excluding hydrogens is 348 g/mol. The van der Waals surface area contributed by atoms with Gasteiger partial charge in [-0.15, -0.1) is 0 Å². The Morgan fingerprint density at radius 3 is 2.75 bits per heavy atom. The molecule has 0 radical (unpaired) electrons. The lowest BCUT2D eigenvalue weighted by Crippen LogP contribution is -2.47. The highest BCUT2D eigenvalue weighted by Gasteiger charge is 2.59. The zero-order chi connectivity index (χ0) is 19.7. The smallest absolute Gasteiger partial charge is 0.227 e. The van der Waals surface area contributed by atoms with E-state index in [9.17, 15) is 4.79 Å². The van der Waals surface area contributed by atoms with Gasteiger partial charge in [0.05, 0.1) is 13.3 Å². The molecule has 0 spiro atoms. The van der Waals surface area contributed by atoms with Crippen LogP contribution in [0.3, 0.4) is 0 Å². The van der Waals surface area contributed by atoms with Crippen LogP contribution >= 0.6 is 0 Å². The van der Waals surface area contributed by atoms with Gasteiger partial charge in [-0.1, -0.05) is 26.0 Å². The number of hydrogen-bond acceptors (Lipinski definition) is 3. The third-order valence-electron chi connectivity index (χ3n) is 8.52. The first-order valence-corrected chi connectivity index (χ1v) is 10.6. The number of methoxy groups -OCH3 is 1. The van der Waals surface area contributed by atoms with Crippen LogP contribution in [-0.4, -0.2) is 29.9 Å². The summed E-state index contributed by atoms with van der Waals surface area (Å²) in [4.78, 5) is 18.8. The fraction of sp³-hybridized carbons (Fsp3) is 0.583. The van der Waals surface area contributed by atoms with Crippen molar-refractivity contribution in [3.63, 3.8) is 0 Å². The van der Waals surface area contributed by atoms with Gasteiger partial charge in [0.25, 0.3) is 0 Å². The number of aromatic nitrogens is 1. The van der Waals surface area contributed by atoms with Crippen LogP contribution in [0.2, 0.25) is 0 Å². The molecule has 1 saturated carbocycles. The van der Waals surface area contributed by atoms with Crippen LogP contribution < -0.4 is 4.74 Å². The van der Waals surface area contributed by atoms with E-state index in [0.29, 0.717) is 24.2 Å². The van der Waals surface area contributed by atoms with Crippen molar-refractivity contribution in [1.29, 1.82) is 0 Å². The lowest BCUT2D eigenvalue weighted by Gasteiger charge is -2.54. The number of carbonyl (C=O) groups is 1. The standard InChI is InChI=1S/C24H30N2O2/c1-23-10-9-20-17(5-8-21-24(20,2)12-22(27)26(21)3)19(23)7-6-18(23)15-11-16(28-4)14-25-13-15/h6,8,11,13-14,17,19-20H,5,7,9-10,12H2,1-4H3/t17?,19?,20?,23-,24-/m1/s1. The second-order valence-corrected chi connectivity index (χ2v) is 9.67. The molecule has 148 valence electrons. The third-order valence-corrected chi connectivity index (χ3v) is 8.52. The molecule has 3 aliphatic carbocycles. The summed E-state index contributed by atoms with van der Waals surface area (Å²) < 4.78 is 5.42. The molecule has 0 N–H and O–H groups in total. The first-order chi connectivity index (χ1) is 13.4. The molecule has 0 bridgehead atoms. The Labute approximate surface area is 167 Å². The number of likely N-dealkylation sites (tertiary alicyclic amines) is 1. The van der Waals surface area contributed by atoms with Gasteiger partial charge in [-0.25, -0.2) is 0 Å². The highest BCUT2D eigenvalue weighted by molar-refractivity contribution is 5.83. The van der Waals surface area contributed by atoms with Gasteiger partial charge in [0.15, 0.2) is 0 Å². The van der Waals surface area contributed by atoms with E-state index in [-0.39, 0.29) is 16.7 Å². The van der Waals surface area contributed by atoms with Crippen LogP contribution in [0.1, 0.15) is 51.5 Å². The summed E-state index contributed by atoms with van der Waals surface area (Å²) >= 11 is 0. The van der Waals surface area contributed by atoms with Crippen LogP contribution in [0.4, 0.5) is 0 Å². The van der Waals surface area contributed by atoms with E-state index in [4.69, 9.17) is 4.74 Å². The normalized spacial score (nSPS) is 39.1. The lowest BCUT2D eigenvalue weighted by molar-refractivity contribution is -0.126. The van der Waals surface area contributed by atoms with E-state index in [1.807, 2.05) is 18.1 Å². The highest BCUT2D eigenvalue weighted by Crippen LogP contribution is 2.66. The minimum absolute atomic E-state index is 0.0242. The molecule has 2 fully saturated rings. The summed E-state index contributed by atoms with van der Waals surface area (Å²) in [6.07, 6.45) is 13.9. The topological polar surface area (TPSA) is 42.4 Å². The second-order valence-electron chi connectivity index (χ2n) is 9.67. The molecule has 3 unspecified atom stereocenters. The molecular formula is C24H30N2O2. The Balaban J connectivity index is 1.49. The second kappa shape index (κ2) is 5.95. The van der Waals surface area contributed by atoms with Gasteiger partial charge in [0.2, 0.25) is 5.91 Å². The van der Waals surface area contributed by atoms with Crippen molar-refractivity contribution < 1.29 is 9.53 Å². The molecule has 5 atom stereocenters. The quantitative estimate of drug-likeness (QED) is 0.750. The number of pyridine rings is 1. The summed E-state index contributed by atoms with van der Waals surface area (Å²) in [7, 11) is 3.66. The van der Waals surface area contributed by atoms with E-state index >= 15 is 0 Å². The molecule has 0 aromatic carbocycles. The summed E-state index contributed by atoms with van der Waals surface area (Å²) in [5.74, 6) is 3.01. The molecule has 4 heteroatoms. The molecule has 1 saturated heterocycles. The Kier molecular flexibility index (Phi) is 3.82. The van der Waals surface area contributed by atoms with Gasteiger partial charge in [-0.05, 0) is 66.1 Å². The summed E-state index contributed by atoms with van der Waals surface area (Å²) in [5, 5.41) is 0. The first-order valence-electron chi connectivity index (χ1n) is 10.6. The van der Waals surface area contributed by atoms with Crippen LogP contribution in [0.5, 0.6) is 5.75 Å². The number of hydrogen-bond donors (Lipinski definition) is 0. The summed E-state index contributed by atoms with van der Waals surface area (Å²) in [6, 6.07) is 2.13. The zero-order valence-corrected chi connectivity index (χ0v) is 17.4. The monoisotopic (exact) mass is 378 g/mol. The van der Waals surface area contributed by atoms with Gasteiger partial charge in [0.1, 0.15) is 5.75 Å². The van der Waals surface area contributed by atoms with Gasteiger partial charge in [-0.2, -0.15) is 0 Å². The Bertz CT molecular complexity index is 904. The number of ether oxygens (including phenoxy) is 1. The van der Waals surface area contributed by atoms with Crippen molar-refractivity contribution in [2.75, 3.05) is 14.2 Å². The molecule has 1 aliphatic heterocycles. The van der Waals surface area contributed by atoms with Crippen LogP contribution in [-0.2, 0) is 4.79 Å². The molecule has 1 amide bonds. The molecule has 1 aromatic heterocycles. The Morgan fingerprint density at radius 2 is 1.96 bits per heavy atom.